The lowest BCUT2D eigenvalue weighted by Crippen LogP contribution is -1.97. The molecule has 0 saturated heterocycles. The fraction of sp³-hybridized carbons (Fsp3) is 0.933. The minimum Gasteiger partial charge on any atom is -0.330 e. The van der Waals surface area contributed by atoms with Crippen LogP contribution in [0.5, 0.6) is 0 Å². The van der Waals surface area contributed by atoms with E-state index in [-0.39, 0.29) is 0 Å². The summed E-state index contributed by atoms with van der Waals surface area (Å²) in [6, 6.07) is 0. The van der Waals surface area contributed by atoms with E-state index >= 15 is 0 Å². The Balaban J connectivity index is 0. The van der Waals surface area contributed by atoms with Gasteiger partial charge in [-0.05, 0) is 13.0 Å². The molecule has 0 fully saturated rings. The normalized spacial score (nSPS) is 9.65. The van der Waals surface area contributed by atoms with Gasteiger partial charge in [-0.1, -0.05) is 65.7 Å². The molecule has 0 bridgehead atoms. The molecule has 2 nitrogen and oxygen atoms in total. The molecule has 0 aromatic rings. The lowest BCUT2D eigenvalue weighted by Gasteiger charge is -1.99. The SMILES string of the molecule is CCC(=O)CC.CCCCCCCCCCN. The van der Waals surface area contributed by atoms with Gasteiger partial charge in [0.25, 0.3) is 0 Å². The Kier molecular flexibility index (Phi) is 20.1. The fourth-order valence-electron chi connectivity index (χ4n) is 1.53. The molecular weight excluding hydrogens is 210 g/mol. The van der Waals surface area contributed by atoms with E-state index in [1.165, 1.54) is 51.4 Å². The van der Waals surface area contributed by atoms with Gasteiger partial charge in [-0.25, -0.2) is 0 Å². The first-order chi connectivity index (χ1) is 8.22. The largest absolute Gasteiger partial charge is 0.330 e. The van der Waals surface area contributed by atoms with Crippen LogP contribution in [0.2, 0.25) is 0 Å². The number of carbonyl (C=O) groups is 1. The van der Waals surface area contributed by atoms with E-state index in [2.05, 4.69) is 6.92 Å². The van der Waals surface area contributed by atoms with E-state index in [1.807, 2.05) is 13.8 Å². The van der Waals surface area contributed by atoms with Gasteiger partial charge in [0.2, 0.25) is 0 Å². The molecule has 0 unspecified atom stereocenters. The molecule has 0 amide bonds. The van der Waals surface area contributed by atoms with Crippen LogP contribution in [0.1, 0.15) is 85.0 Å². The first-order valence-corrected chi connectivity index (χ1v) is 7.44. The number of ketones is 1. The number of hydrogen-bond acceptors (Lipinski definition) is 2. The zero-order valence-corrected chi connectivity index (χ0v) is 12.3. The van der Waals surface area contributed by atoms with E-state index in [0.29, 0.717) is 18.6 Å². The van der Waals surface area contributed by atoms with Crippen LogP contribution in [-0.2, 0) is 4.79 Å². The molecule has 0 rings (SSSR count). The van der Waals surface area contributed by atoms with Crippen molar-refractivity contribution in [2.24, 2.45) is 5.73 Å². The summed E-state index contributed by atoms with van der Waals surface area (Å²) in [5.74, 6) is 0.343. The quantitative estimate of drug-likeness (QED) is 0.576. The third-order valence-electron chi connectivity index (χ3n) is 2.85. The third-order valence-corrected chi connectivity index (χ3v) is 2.85. The highest BCUT2D eigenvalue weighted by molar-refractivity contribution is 5.77. The highest BCUT2D eigenvalue weighted by atomic mass is 16.1. The Morgan fingerprint density at radius 2 is 1.18 bits per heavy atom. The Hall–Kier alpha value is -0.370. The number of nitrogens with two attached hydrogens (primary N) is 1. The summed E-state index contributed by atoms with van der Waals surface area (Å²) < 4.78 is 0. The van der Waals surface area contributed by atoms with Gasteiger partial charge >= 0.3 is 0 Å². The molecule has 0 saturated carbocycles. The predicted molar refractivity (Wildman–Crippen MR) is 77.3 cm³/mol. The Bertz CT molecular complexity index is 132. The van der Waals surface area contributed by atoms with Crippen LogP contribution in [0.25, 0.3) is 0 Å². The molecule has 0 spiro atoms. The van der Waals surface area contributed by atoms with Crippen LogP contribution in [0.4, 0.5) is 0 Å². The van der Waals surface area contributed by atoms with E-state index in [1.54, 1.807) is 0 Å². The van der Waals surface area contributed by atoms with Crippen LogP contribution >= 0.6 is 0 Å². The molecule has 104 valence electrons. The summed E-state index contributed by atoms with van der Waals surface area (Å²) in [4.78, 5) is 10.2. The Morgan fingerprint density at radius 1 is 0.765 bits per heavy atom. The van der Waals surface area contributed by atoms with E-state index < -0.39 is 0 Å². The van der Waals surface area contributed by atoms with E-state index in [9.17, 15) is 4.79 Å². The number of Topliss-reactive ketones (excluding diaryl/α,β-unsaturated/α-hetero) is 1. The van der Waals surface area contributed by atoms with Crippen molar-refractivity contribution in [1.29, 1.82) is 0 Å². The fourth-order valence-corrected chi connectivity index (χ4v) is 1.53. The van der Waals surface area contributed by atoms with Crippen molar-refractivity contribution in [1.82, 2.24) is 0 Å². The van der Waals surface area contributed by atoms with Crippen molar-refractivity contribution in [3.05, 3.63) is 0 Å². The Labute approximate surface area is 108 Å². The average molecular weight is 243 g/mol. The van der Waals surface area contributed by atoms with Crippen LogP contribution in [0, 0.1) is 0 Å². The number of hydrogen-bond donors (Lipinski definition) is 1. The van der Waals surface area contributed by atoms with Gasteiger partial charge in [-0.2, -0.15) is 0 Å². The molecule has 0 aliphatic rings. The molecule has 2 heteroatoms. The second-order valence-corrected chi connectivity index (χ2v) is 4.51. The maximum Gasteiger partial charge on any atom is 0.132 e. The molecule has 0 aliphatic heterocycles. The molecule has 0 radical (unpaired) electrons. The highest BCUT2D eigenvalue weighted by Gasteiger charge is 1.89. The Morgan fingerprint density at radius 3 is 1.47 bits per heavy atom. The van der Waals surface area contributed by atoms with Gasteiger partial charge in [0.15, 0.2) is 0 Å². The molecular formula is C15H33NO. The van der Waals surface area contributed by atoms with Gasteiger partial charge in [0.05, 0.1) is 0 Å². The molecule has 0 aliphatic carbocycles. The standard InChI is InChI=1S/C10H23N.C5H10O/c1-2-3-4-5-6-7-8-9-10-11;1-3-5(6)4-2/h2-11H2,1H3;3-4H2,1-2H3. The van der Waals surface area contributed by atoms with Crippen molar-refractivity contribution in [2.45, 2.75) is 85.0 Å². The molecule has 17 heavy (non-hydrogen) atoms. The zero-order valence-electron chi connectivity index (χ0n) is 12.3. The third kappa shape index (κ3) is 21.5. The number of unbranched alkanes of at least 4 members (excludes halogenated alkanes) is 7. The van der Waals surface area contributed by atoms with Crippen LogP contribution in [0.15, 0.2) is 0 Å². The number of rotatable bonds is 10. The van der Waals surface area contributed by atoms with Crippen molar-refractivity contribution in [3.8, 4) is 0 Å². The molecule has 0 heterocycles. The molecule has 0 aromatic heterocycles. The topological polar surface area (TPSA) is 43.1 Å². The second-order valence-electron chi connectivity index (χ2n) is 4.51. The average Bonchev–Trinajstić information content (AvgIpc) is 2.37. The summed E-state index contributed by atoms with van der Waals surface area (Å²) in [5, 5.41) is 0. The first kappa shape index (κ1) is 19.0. The number of carbonyl (C=O) groups excluding carboxylic acids is 1. The summed E-state index contributed by atoms with van der Waals surface area (Å²) in [7, 11) is 0. The summed E-state index contributed by atoms with van der Waals surface area (Å²) in [6.45, 7) is 6.89. The highest BCUT2D eigenvalue weighted by Crippen LogP contribution is 2.07. The maximum atomic E-state index is 10.2. The molecule has 2 N–H and O–H groups in total. The monoisotopic (exact) mass is 243 g/mol. The van der Waals surface area contributed by atoms with Crippen molar-refractivity contribution >= 4 is 5.78 Å². The summed E-state index contributed by atoms with van der Waals surface area (Å²) in [5.41, 5.74) is 5.39. The smallest absolute Gasteiger partial charge is 0.132 e. The summed E-state index contributed by atoms with van der Waals surface area (Å²) in [6.07, 6.45) is 12.4. The lowest BCUT2D eigenvalue weighted by atomic mass is 10.1. The minimum absolute atomic E-state index is 0.343. The zero-order chi connectivity index (χ0) is 13.4. The molecule has 0 aromatic carbocycles. The van der Waals surface area contributed by atoms with Crippen LogP contribution < -0.4 is 5.73 Å². The van der Waals surface area contributed by atoms with E-state index in [0.717, 1.165) is 6.54 Å². The van der Waals surface area contributed by atoms with Crippen LogP contribution in [-0.4, -0.2) is 12.3 Å². The lowest BCUT2D eigenvalue weighted by molar-refractivity contribution is -0.118. The van der Waals surface area contributed by atoms with Gasteiger partial charge in [-0.15, -0.1) is 0 Å². The van der Waals surface area contributed by atoms with Gasteiger partial charge < -0.3 is 5.73 Å². The minimum atomic E-state index is 0.343. The van der Waals surface area contributed by atoms with Crippen LogP contribution in [0.3, 0.4) is 0 Å². The van der Waals surface area contributed by atoms with Crippen molar-refractivity contribution in [2.75, 3.05) is 6.54 Å². The predicted octanol–water partition coefficient (Wildman–Crippen LogP) is 4.46. The van der Waals surface area contributed by atoms with Gasteiger partial charge in [0.1, 0.15) is 5.78 Å². The molecule has 0 atom stereocenters. The van der Waals surface area contributed by atoms with Gasteiger partial charge in [-0.3, -0.25) is 4.79 Å². The second kappa shape index (κ2) is 18.0. The summed E-state index contributed by atoms with van der Waals surface area (Å²) >= 11 is 0. The van der Waals surface area contributed by atoms with Crippen molar-refractivity contribution in [3.63, 3.8) is 0 Å². The maximum absolute atomic E-state index is 10.2. The van der Waals surface area contributed by atoms with Crippen molar-refractivity contribution < 1.29 is 4.79 Å². The first-order valence-electron chi connectivity index (χ1n) is 7.44. The van der Waals surface area contributed by atoms with Gasteiger partial charge in [0, 0.05) is 12.8 Å². The van der Waals surface area contributed by atoms with E-state index in [4.69, 9.17) is 5.73 Å².